The zero-order chi connectivity index (χ0) is 23.5. The van der Waals surface area contributed by atoms with Crippen molar-refractivity contribution < 1.29 is 33.6 Å². The Kier molecular flexibility index (Phi) is 6.05. The number of carbonyl (C=O) groups excluding carboxylic acids is 1. The van der Waals surface area contributed by atoms with Gasteiger partial charge in [0, 0.05) is 17.8 Å². The number of anilines is 1. The second kappa shape index (κ2) is 8.71. The summed E-state index contributed by atoms with van der Waals surface area (Å²) in [5.41, 5.74) is -1.31. The number of hydrogen-bond acceptors (Lipinski definition) is 9. The van der Waals surface area contributed by atoms with Gasteiger partial charge < -0.3 is 19.1 Å². The number of hydroxylamine groups is 1. The van der Waals surface area contributed by atoms with Crippen molar-refractivity contribution in [3.63, 3.8) is 0 Å². The Morgan fingerprint density at radius 3 is 2.56 bits per heavy atom. The first kappa shape index (κ1) is 22.2. The number of ether oxygens (including phenoxy) is 1. The Labute approximate surface area is 181 Å². The molecule has 0 spiro atoms. The van der Waals surface area contributed by atoms with Crippen LogP contribution >= 0.6 is 0 Å². The lowest BCUT2D eigenvalue weighted by molar-refractivity contribution is -0.385. The van der Waals surface area contributed by atoms with Gasteiger partial charge in [-0.3, -0.25) is 10.1 Å². The molecule has 1 amide bonds. The third-order valence-electron chi connectivity index (χ3n) is 3.73. The average Bonchev–Trinajstić information content (AvgIpc) is 3.21. The number of pyridine rings is 1. The minimum absolute atomic E-state index is 0.0409. The van der Waals surface area contributed by atoms with E-state index in [4.69, 9.17) is 19.1 Å². The molecule has 0 unspecified atom stereocenters. The molecule has 32 heavy (non-hydrogen) atoms. The zero-order valence-corrected chi connectivity index (χ0v) is 17.2. The molecule has 166 valence electrons. The second-order valence-corrected chi connectivity index (χ2v) is 7.34. The number of carboxylic acid groups (broad SMARTS) is 1. The Bertz CT molecular complexity index is 1170. The third kappa shape index (κ3) is 5.16. The summed E-state index contributed by atoms with van der Waals surface area (Å²) >= 11 is 0. The summed E-state index contributed by atoms with van der Waals surface area (Å²) in [6.45, 7) is 4.91. The molecule has 12 nitrogen and oxygen atoms in total. The summed E-state index contributed by atoms with van der Waals surface area (Å²) in [6.07, 6.45) is 1.28. The van der Waals surface area contributed by atoms with Gasteiger partial charge >= 0.3 is 17.7 Å². The molecule has 12 heteroatoms. The lowest BCUT2D eigenvalue weighted by Crippen LogP contribution is -2.39. The number of nitro groups is 1. The third-order valence-corrected chi connectivity index (χ3v) is 3.73. The van der Waals surface area contributed by atoms with E-state index in [-0.39, 0.29) is 34.4 Å². The molecule has 0 saturated carbocycles. The maximum absolute atomic E-state index is 12.8. The summed E-state index contributed by atoms with van der Waals surface area (Å²) in [5.74, 6) is -1.64. The summed E-state index contributed by atoms with van der Waals surface area (Å²) in [4.78, 5) is 48.0. The van der Waals surface area contributed by atoms with E-state index >= 15 is 0 Å². The highest BCUT2D eigenvalue weighted by Gasteiger charge is 2.29. The van der Waals surface area contributed by atoms with Crippen LogP contribution in [0.4, 0.5) is 16.3 Å². The molecule has 3 aromatic rings. The predicted octanol–water partition coefficient (Wildman–Crippen LogP) is 4.08. The Balaban J connectivity index is 2.03. The van der Waals surface area contributed by atoms with Crippen molar-refractivity contribution in [1.29, 1.82) is 0 Å². The number of carboxylic acids is 1. The van der Waals surface area contributed by atoms with Crippen LogP contribution in [0, 0.1) is 10.1 Å². The molecule has 0 bridgehead atoms. The normalized spacial score (nSPS) is 11.0. The highest BCUT2D eigenvalue weighted by Crippen LogP contribution is 2.30. The number of benzene rings is 1. The molecule has 2 heterocycles. The monoisotopic (exact) mass is 442 g/mol. The molecular formula is C20H18N4O8. The maximum atomic E-state index is 12.8. The second-order valence-electron chi connectivity index (χ2n) is 7.34. The maximum Gasteiger partial charge on any atom is 0.450 e. The summed E-state index contributed by atoms with van der Waals surface area (Å²) in [6, 6.07) is 8.28. The van der Waals surface area contributed by atoms with Gasteiger partial charge in [0.25, 0.3) is 0 Å². The van der Waals surface area contributed by atoms with E-state index in [0.29, 0.717) is 5.06 Å². The van der Waals surface area contributed by atoms with E-state index in [1.54, 1.807) is 20.8 Å². The van der Waals surface area contributed by atoms with E-state index in [1.165, 1.54) is 42.6 Å². The first-order valence-electron chi connectivity index (χ1n) is 9.15. The van der Waals surface area contributed by atoms with Gasteiger partial charge in [-0.05, 0) is 39.0 Å². The quantitative estimate of drug-likeness (QED) is 0.435. The number of oxazole rings is 1. The Morgan fingerprint density at radius 2 is 1.94 bits per heavy atom. The predicted molar refractivity (Wildman–Crippen MR) is 109 cm³/mol. The van der Waals surface area contributed by atoms with Crippen LogP contribution in [0.5, 0.6) is 5.75 Å². The molecule has 1 aromatic carbocycles. The molecule has 3 rings (SSSR count). The van der Waals surface area contributed by atoms with Crippen LogP contribution < -0.4 is 9.90 Å². The number of aromatic nitrogens is 2. The van der Waals surface area contributed by atoms with Crippen molar-refractivity contribution in [2.75, 3.05) is 5.06 Å². The number of aromatic carboxylic acids is 1. The summed E-state index contributed by atoms with van der Waals surface area (Å²) in [7, 11) is 0. The van der Waals surface area contributed by atoms with Crippen LogP contribution in [0.3, 0.4) is 0 Å². The number of nitrogens with zero attached hydrogens (tertiary/aromatic N) is 4. The number of para-hydroxylation sites is 2. The number of hydrogen-bond donors (Lipinski definition) is 1. The number of carbonyl (C=O) groups is 2. The molecule has 0 fully saturated rings. The molecule has 0 aliphatic rings. The highest BCUT2D eigenvalue weighted by molar-refractivity contribution is 5.87. The molecule has 0 radical (unpaired) electrons. The van der Waals surface area contributed by atoms with Gasteiger partial charge in [-0.1, -0.05) is 17.2 Å². The lowest BCUT2D eigenvalue weighted by Gasteiger charge is -2.26. The van der Waals surface area contributed by atoms with Crippen LogP contribution in [0.15, 0.2) is 53.3 Å². The Hall–Kier alpha value is -4.48. The smallest absolute Gasteiger partial charge is 0.450 e. The SMILES string of the molecule is CC(C)(C)OC(=O)N(Oc1ccccc1[N+](=O)[O-])c1cc(-c2nc(C(=O)O)co2)ccn1. The number of nitro benzene ring substituents is 1. The van der Waals surface area contributed by atoms with E-state index in [0.717, 1.165) is 6.26 Å². The lowest BCUT2D eigenvalue weighted by atomic mass is 10.2. The first-order chi connectivity index (χ1) is 15.0. The van der Waals surface area contributed by atoms with Crippen molar-refractivity contribution in [3.8, 4) is 17.2 Å². The molecule has 2 aromatic heterocycles. The van der Waals surface area contributed by atoms with Gasteiger partial charge in [0.15, 0.2) is 11.5 Å². The number of rotatable bonds is 6. The van der Waals surface area contributed by atoms with Crippen molar-refractivity contribution in [3.05, 3.63) is 64.7 Å². The fourth-order valence-corrected chi connectivity index (χ4v) is 2.43. The zero-order valence-electron chi connectivity index (χ0n) is 17.2. The van der Waals surface area contributed by atoms with Crippen LogP contribution in [-0.2, 0) is 4.74 Å². The number of amides is 1. The van der Waals surface area contributed by atoms with Crippen LogP contribution in [0.2, 0.25) is 0 Å². The van der Waals surface area contributed by atoms with Crippen molar-refractivity contribution >= 4 is 23.6 Å². The molecule has 0 aliphatic heterocycles. The van der Waals surface area contributed by atoms with E-state index < -0.39 is 22.6 Å². The van der Waals surface area contributed by atoms with E-state index in [2.05, 4.69) is 9.97 Å². The topological polar surface area (TPSA) is 158 Å². The fraction of sp³-hybridized carbons (Fsp3) is 0.200. The van der Waals surface area contributed by atoms with Crippen LogP contribution in [0.25, 0.3) is 11.5 Å². The summed E-state index contributed by atoms with van der Waals surface area (Å²) < 4.78 is 10.5. The van der Waals surface area contributed by atoms with Gasteiger partial charge in [-0.15, -0.1) is 0 Å². The van der Waals surface area contributed by atoms with Crippen molar-refractivity contribution in [2.24, 2.45) is 0 Å². The van der Waals surface area contributed by atoms with Gasteiger partial charge in [0.05, 0.1) is 4.92 Å². The molecule has 0 aliphatic carbocycles. The van der Waals surface area contributed by atoms with Crippen molar-refractivity contribution in [2.45, 2.75) is 26.4 Å². The first-order valence-corrected chi connectivity index (χ1v) is 9.15. The van der Waals surface area contributed by atoms with Gasteiger partial charge in [0.2, 0.25) is 11.6 Å². The van der Waals surface area contributed by atoms with Gasteiger partial charge in [-0.25, -0.2) is 19.6 Å². The molecule has 0 saturated heterocycles. The van der Waals surface area contributed by atoms with Gasteiger partial charge in [0.1, 0.15) is 11.9 Å². The fourth-order valence-electron chi connectivity index (χ4n) is 2.43. The molecular weight excluding hydrogens is 424 g/mol. The standard InChI is InChI=1S/C20H18N4O8/c1-20(2,3)31-19(27)23(32-15-7-5-4-6-14(15)24(28)29)16-10-12(8-9-21-16)17-22-13(11-30-17)18(25)26/h4-11H,1-3H3,(H,25,26). The van der Waals surface area contributed by atoms with E-state index in [9.17, 15) is 19.7 Å². The van der Waals surface area contributed by atoms with Gasteiger partial charge in [-0.2, -0.15) is 0 Å². The summed E-state index contributed by atoms with van der Waals surface area (Å²) in [5, 5.41) is 21.0. The minimum Gasteiger partial charge on any atom is -0.476 e. The largest absolute Gasteiger partial charge is 0.476 e. The average molecular weight is 442 g/mol. The Morgan fingerprint density at radius 1 is 1.22 bits per heavy atom. The molecule has 1 N–H and O–H groups in total. The van der Waals surface area contributed by atoms with E-state index in [1.807, 2.05) is 0 Å². The van der Waals surface area contributed by atoms with Crippen LogP contribution in [0.1, 0.15) is 31.3 Å². The van der Waals surface area contributed by atoms with Crippen LogP contribution in [-0.4, -0.2) is 37.7 Å². The van der Waals surface area contributed by atoms with Crippen molar-refractivity contribution in [1.82, 2.24) is 9.97 Å². The highest BCUT2D eigenvalue weighted by atomic mass is 16.7. The minimum atomic E-state index is -1.27. The molecule has 0 atom stereocenters.